The molecule has 2 aliphatic rings. The summed E-state index contributed by atoms with van der Waals surface area (Å²) < 4.78 is 5.90. The number of ether oxygens (including phenoxy) is 1. The molecule has 0 unspecified atom stereocenters. The highest BCUT2D eigenvalue weighted by Gasteiger charge is 2.20. The summed E-state index contributed by atoms with van der Waals surface area (Å²) in [6, 6.07) is 6.99. The first-order valence-corrected chi connectivity index (χ1v) is 7.20. The van der Waals surface area contributed by atoms with Gasteiger partial charge >= 0.3 is 0 Å². The molecule has 2 saturated carbocycles. The molecule has 2 aliphatic carbocycles. The van der Waals surface area contributed by atoms with Crippen molar-refractivity contribution < 1.29 is 4.74 Å². The van der Waals surface area contributed by atoms with E-state index in [9.17, 15) is 0 Å². The fourth-order valence-electron chi connectivity index (χ4n) is 2.50. The van der Waals surface area contributed by atoms with Crippen LogP contribution < -0.4 is 5.32 Å². The maximum absolute atomic E-state index is 5.90. The second-order valence-corrected chi connectivity index (χ2v) is 5.49. The molecule has 1 aromatic heterocycles. The van der Waals surface area contributed by atoms with E-state index < -0.39 is 0 Å². The van der Waals surface area contributed by atoms with Crippen LogP contribution in [0, 0.1) is 0 Å². The zero-order valence-electron chi connectivity index (χ0n) is 10.9. The minimum Gasteiger partial charge on any atom is -0.372 e. The van der Waals surface area contributed by atoms with Crippen LogP contribution in [-0.4, -0.2) is 17.1 Å². The van der Waals surface area contributed by atoms with Crippen LogP contribution in [0.4, 0.5) is 0 Å². The first kappa shape index (κ1) is 12.1. The second-order valence-electron chi connectivity index (χ2n) is 5.49. The largest absolute Gasteiger partial charge is 0.372 e. The number of pyridine rings is 1. The van der Waals surface area contributed by atoms with Crippen molar-refractivity contribution in [1.82, 2.24) is 10.3 Å². The molecule has 0 amide bonds. The van der Waals surface area contributed by atoms with Crippen LogP contribution in [0.25, 0.3) is 0 Å². The summed E-state index contributed by atoms with van der Waals surface area (Å²) in [6.45, 7) is 1.56. The van der Waals surface area contributed by atoms with E-state index in [0.717, 1.165) is 24.0 Å². The minimum absolute atomic E-state index is 0.472. The van der Waals surface area contributed by atoms with Gasteiger partial charge in [-0.2, -0.15) is 0 Å². The summed E-state index contributed by atoms with van der Waals surface area (Å²) in [5, 5.41) is 3.49. The minimum atomic E-state index is 0.472. The molecule has 1 heterocycles. The van der Waals surface area contributed by atoms with Gasteiger partial charge in [0.2, 0.25) is 0 Å². The first-order chi connectivity index (χ1) is 8.90. The van der Waals surface area contributed by atoms with E-state index >= 15 is 0 Å². The molecule has 3 rings (SSSR count). The molecule has 0 atom stereocenters. The Balaban J connectivity index is 1.49. The molecule has 0 radical (unpaired) electrons. The van der Waals surface area contributed by atoms with Crippen molar-refractivity contribution in [3.63, 3.8) is 0 Å². The van der Waals surface area contributed by atoms with Crippen LogP contribution in [0.3, 0.4) is 0 Å². The molecule has 1 N–H and O–H groups in total. The maximum Gasteiger partial charge on any atom is 0.0891 e. The van der Waals surface area contributed by atoms with Crippen LogP contribution in [-0.2, 0) is 17.9 Å². The van der Waals surface area contributed by atoms with E-state index in [1.807, 2.05) is 0 Å². The third-order valence-electron chi connectivity index (χ3n) is 3.78. The van der Waals surface area contributed by atoms with E-state index in [1.54, 1.807) is 0 Å². The Morgan fingerprint density at radius 2 is 1.89 bits per heavy atom. The lowest BCUT2D eigenvalue weighted by Crippen LogP contribution is -2.16. The third kappa shape index (κ3) is 3.53. The van der Waals surface area contributed by atoms with Crippen molar-refractivity contribution in [1.29, 1.82) is 0 Å². The van der Waals surface area contributed by atoms with Crippen molar-refractivity contribution in [2.75, 3.05) is 0 Å². The monoisotopic (exact) mass is 246 g/mol. The molecule has 0 aliphatic heterocycles. The number of hydrogen-bond donors (Lipinski definition) is 1. The van der Waals surface area contributed by atoms with Crippen molar-refractivity contribution in [3.8, 4) is 0 Å². The summed E-state index contributed by atoms with van der Waals surface area (Å²) in [6.07, 6.45) is 8.22. The van der Waals surface area contributed by atoms with E-state index in [1.165, 1.54) is 38.5 Å². The Morgan fingerprint density at radius 3 is 2.67 bits per heavy atom. The molecule has 0 aromatic carbocycles. The van der Waals surface area contributed by atoms with Crippen molar-refractivity contribution in [2.45, 2.75) is 63.8 Å². The molecule has 18 heavy (non-hydrogen) atoms. The van der Waals surface area contributed by atoms with E-state index in [0.29, 0.717) is 12.7 Å². The highest BCUT2D eigenvalue weighted by Crippen LogP contribution is 2.22. The lowest BCUT2D eigenvalue weighted by Gasteiger charge is -2.11. The topological polar surface area (TPSA) is 34.2 Å². The number of nitrogens with one attached hydrogen (secondary N) is 1. The molecule has 3 nitrogen and oxygen atoms in total. The molecular weight excluding hydrogens is 224 g/mol. The molecule has 3 heteroatoms. The van der Waals surface area contributed by atoms with Gasteiger partial charge in [-0.1, -0.05) is 18.9 Å². The Labute approximate surface area is 109 Å². The van der Waals surface area contributed by atoms with Gasteiger partial charge in [0.05, 0.1) is 24.1 Å². The van der Waals surface area contributed by atoms with Gasteiger partial charge in [-0.15, -0.1) is 0 Å². The van der Waals surface area contributed by atoms with E-state index in [2.05, 4.69) is 28.5 Å². The van der Waals surface area contributed by atoms with Gasteiger partial charge in [-0.3, -0.25) is 4.98 Å². The molecule has 1 aromatic rings. The maximum atomic E-state index is 5.90. The fraction of sp³-hybridized carbons (Fsp3) is 0.667. The number of nitrogens with zero attached hydrogens (tertiary/aromatic N) is 1. The number of rotatable bonds is 6. The third-order valence-corrected chi connectivity index (χ3v) is 3.78. The Kier molecular flexibility index (Phi) is 3.91. The Morgan fingerprint density at radius 1 is 1.11 bits per heavy atom. The smallest absolute Gasteiger partial charge is 0.0891 e. The molecule has 0 bridgehead atoms. The molecular formula is C15H22N2O. The quantitative estimate of drug-likeness (QED) is 0.838. The lowest BCUT2D eigenvalue weighted by molar-refractivity contribution is 0.0437. The zero-order valence-corrected chi connectivity index (χ0v) is 10.9. The van der Waals surface area contributed by atoms with Gasteiger partial charge in [-0.05, 0) is 37.8 Å². The average molecular weight is 246 g/mol. The van der Waals surface area contributed by atoms with Gasteiger partial charge in [0.15, 0.2) is 0 Å². The molecule has 0 spiro atoms. The van der Waals surface area contributed by atoms with Crippen LogP contribution >= 0.6 is 0 Å². The SMILES string of the molecule is c1cc(CNC2CC2)nc(COC2CCCC2)c1. The van der Waals surface area contributed by atoms with Gasteiger partial charge in [0.25, 0.3) is 0 Å². The van der Waals surface area contributed by atoms with Crippen LogP contribution in [0.15, 0.2) is 18.2 Å². The normalized spacial score (nSPS) is 20.4. The highest BCUT2D eigenvalue weighted by molar-refractivity contribution is 5.11. The average Bonchev–Trinajstić information content (AvgIpc) is 3.09. The molecule has 98 valence electrons. The van der Waals surface area contributed by atoms with Crippen LogP contribution in [0.2, 0.25) is 0 Å². The van der Waals surface area contributed by atoms with E-state index in [-0.39, 0.29) is 0 Å². The fourth-order valence-corrected chi connectivity index (χ4v) is 2.50. The van der Waals surface area contributed by atoms with Crippen molar-refractivity contribution >= 4 is 0 Å². The Bertz CT molecular complexity index is 384. The van der Waals surface area contributed by atoms with Gasteiger partial charge in [0, 0.05) is 12.6 Å². The van der Waals surface area contributed by atoms with Crippen molar-refractivity contribution in [2.24, 2.45) is 0 Å². The van der Waals surface area contributed by atoms with E-state index in [4.69, 9.17) is 4.74 Å². The predicted molar refractivity (Wildman–Crippen MR) is 71.1 cm³/mol. The first-order valence-electron chi connectivity index (χ1n) is 7.20. The van der Waals surface area contributed by atoms with Crippen LogP contribution in [0.5, 0.6) is 0 Å². The van der Waals surface area contributed by atoms with Gasteiger partial charge in [0.1, 0.15) is 0 Å². The molecule has 2 fully saturated rings. The van der Waals surface area contributed by atoms with Crippen LogP contribution in [0.1, 0.15) is 49.9 Å². The Hall–Kier alpha value is -0.930. The number of hydrogen-bond acceptors (Lipinski definition) is 3. The van der Waals surface area contributed by atoms with Crippen molar-refractivity contribution in [3.05, 3.63) is 29.6 Å². The summed E-state index contributed by atoms with van der Waals surface area (Å²) in [5.74, 6) is 0. The summed E-state index contributed by atoms with van der Waals surface area (Å²) >= 11 is 0. The second kappa shape index (κ2) is 5.81. The molecule has 0 saturated heterocycles. The standard InChI is InChI=1S/C15H22N2O/c1-2-7-15(6-1)18-11-14-5-3-4-13(17-14)10-16-12-8-9-12/h3-5,12,15-16H,1-2,6-11H2. The summed E-state index contributed by atoms with van der Waals surface area (Å²) in [7, 11) is 0. The highest BCUT2D eigenvalue weighted by atomic mass is 16.5. The summed E-state index contributed by atoms with van der Waals surface area (Å²) in [4.78, 5) is 4.65. The van der Waals surface area contributed by atoms with Gasteiger partial charge < -0.3 is 10.1 Å². The zero-order chi connectivity index (χ0) is 12.2. The summed E-state index contributed by atoms with van der Waals surface area (Å²) in [5.41, 5.74) is 2.20. The lowest BCUT2D eigenvalue weighted by atomic mass is 10.3. The predicted octanol–water partition coefficient (Wildman–Crippen LogP) is 2.79. The van der Waals surface area contributed by atoms with Gasteiger partial charge in [-0.25, -0.2) is 0 Å². The number of aromatic nitrogens is 1.